The zero-order valence-electron chi connectivity index (χ0n) is 9.78. The van der Waals surface area contributed by atoms with Crippen LogP contribution in [0.15, 0.2) is 24.3 Å². The zero-order valence-corrected chi connectivity index (χ0v) is 11.4. The van der Waals surface area contributed by atoms with Gasteiger partial charge in [-0.2, -0.15) is 11.8 Å². The van der Waals surface area contributed by atoms with E-state index < -0.39 is 0 Å². The Kier molecular flexibility index (Phi) is 4.35. The van der Waals surface area contributed by atoms with Crippen molar-refractivity contribution < 1.29 is 4.79 Å². The van der Waals surface area contributed by atoms with Crippen LogP contribution >= 0.6 is 23.4 Å². The maximum atomic E-state index is 11.7. The molecular weight excluding hydrogens is 254 g/mol. The zero-order chi connectivity index (χ0) is 12.3. The molecule has 0 radical (unpaired) electrons. The monoisotopic (exact) mass is 269 g/mol. The average molecular weight is 270 g/mol. The lowest BCUT2D eigenvalue weighted by molar-refractivity contribution is -0.121. The SMILES string of the molecule is CSCCC(=O)NC1c2ccccc2CC1Cl. The molecule has 0 saturated carbocycles. The molecule has 2 unspecified atom stereocenters. The Morgan fingerprint density at radius 2 is 2.29 bits per heavy atom. The van der Waals surface area contributed by atoms with Crippen molar-refractivity contribution in [2.24, 2.45) is 0 Å². The molecule has 92 valence electrons. The van der Waals surface area contributed by atoms with E-state index in [1.807, 2.05) is 18.4 Å². The second-order valence-corrected chi connectivity index (χ2v) is 5.75. The Morgan fingerprint density at radius 1 is 1.53 bits per heavy atom. The molecule has 17 heavy (non-hydrogen) atoms. The number of hydrogen-bond donors (Lipinski definition) is 1. The number of hydrogen-bond acceptors (Lipinski definition) is 2. The highest BCUT2D eigenvalue weighted by Crippen LogP contribution is 2.34. The first-order chi connectivity index (χ1) is 8.22. The summed E-state index contributed by atoms with van der Waals surface area (Å²) in [6.07, 6.45) is 3.40. The molecule has 2 rings (SSSR count). The molecular formula is C13H16ClNOS. The fourth-order valence-corrected chi connectivity index (χ4v) is 2.91. The number of carbonyl (C=O) groups is 1. The summed E-state index contributed by atoms with van der Waals surface area (Å²) in [6.45, 7) is 0. The minimum absolute atomic E-state index is 0.0226. The first kappa shape index (κ1) is 12.8. The molecule has 2 nitrogen and oxygen atoms in total. The summed E-state index contributed by atoms with van der Waals surface area (Å²) in [7, 11) is 0. The molecule has 0 aromatic heterocycles. The van der Waals surface area contributed by atoms with Crippen LogP contribution in [0.4, 0.5) is 0 Å². The molecule has 1 aliphatic rings. The van der Waals surface area contributed by atoms with Crippen LogP contribution in [0.25, 0.3) is 0 Å². The van der Waals surface area contributed by atoms with Crippen molar-refractivity contribution in [2.45, 2.75) is 24.3 Å². The van der Waals surface area contributed by atoms with Crippen LogP contribution < -0.4 is 5.32 Å². The lowest BCUT2D eigenvalue weighted by Gasteiger charge is -2.17. The molecule has 0 heterocycles. The Labute approximate surface area is 111 Å². The second-order valence-electron chi connectivity index (χ2n) is 4.21. The second kappa shape index (κ2) is 5.78. The molecule has 0 saturated heterocycles. The van der Waals surface area contributed by atoms with E-state index in [-0.39, 0.29) is 17.3 Å². The van der Waals surface area contributed by atoms with Gasteiger partial charge in [0.2, 0.25) is 5.91 Å². The molecule has 0 fully saturated rings. The third kappa shape index (κ3) is 2.96. The third-order valence-electron chi connectivity index (χ3n) is 3.02. The van der Waals surface area contributed by atoms with Crippen molar-refractivity contribution in [1.82, 2.24) is 5.32 Å². The van der Waals surface area contributed by atoms with Gasteiger partial charge in [0, 0.05) is 12.2 Å². The van der Waals surface area contributed by atoms with Gasteiger partial charge in [0.15, 0.2) is 0 Å². The minimum Gasteiger partial charge on any atom is -0.348 e. The Bertz CT molecular complexity index is 410. The summed E-state index contributed by atoms with van der Waals surface area (Å²) in [5.41, 5.74) is 2.42. The summed E-state index contributed by atoms with van der Waals surface area (Å²) in [6, 6.07) is 8.12. The highest BCUT2D eigenvalue weighted by Gasteiger charge is 2.31. The van der Waals surface area contributed by atoms with E-state index in [1.54, 1.807) is 11.8 Å². The van der Waals surface area contributed by atoms with Crippen molar-refractivity contribution in [2.75, 3.05) is 12.0 Å². The number of fused-ring (bicyclic) bond motifs is 1. The summed E-state index contributed by atoms with van der Waals surface area (Å²) >= 11 is 7.98. The first-order valence-corrected chi connectivity index (χ1v) is 7.55. The van der Waals surface area contributed by atoms with E-state index in [9.17, 15) is 4.79 Å². The molecule has 2 atom stereocenters. The van der Waals surface area contributed by atoms with Gasteiger partial charge < -0.3 is 5.32 Å². The number of benzene rings is 1. The van der Waals surface area contributed by atoms with Crippen molar-refractivity contribution >= 4 is 29.3 Å². The molecule has 1 aromatic carbocycles. The van der Waals surface area contributed by atoms with Gasteiger partial charge in [0.05, 0.1) is 11.4 Å². The van der Waals surface area contributed by atoms with Gasteiger partial charge in [0.1, 0.15) is 0 Å². The summed E-state index contributed by atoms with van der Waals surface area (Å²) in [5, 5.41) is 3.01. The molecule has 1 N–H and O–H groups in total. The van der Waals surface area contributed by atoms with Crippen LogP contribution in [-0.2, 0) is 11.2 Å². The quantitative estimate of drug-likeness (QED) is 0.852. The number of amides is 1. The van der Waals surface area contributed by atoms with E-state index in [4.69, 9.17) is 11.6 Å². The molecule has 1 aromatic rings. The summed E-state index contributed by atoms with van der Waals surface area (Å²) in [4.78, 5) is 11.7. The summed E-state index contributed by atoms with van der Waals surface area (Å²) in [5.74, 6) is 0.944. The smallest absolute Gasteiger partial charge is 0.221 e. The molecule has 4 heteroatoms. The van der Waals surface area contributed by atoms with Crippen molar-refractivity contribution in [3.63, 3.8) is 0 Å². The number of carbonyl (C=O) groups excluding carboxylic acids is 1. The molecule has 0 spiro atoms. The number of halogens is 1. The van der Waals surface area contributed by atoms with Gasteiger partial charge in [-0.05, 0) is 23.8 Å². The van der Waals surface area contributed by atoms with Gasteiger partial charge in [0.25, 0.3) is 0 Å². The number of rotatable bonds is 4. The molecule has 1 amide bonds. The van der Waals surface area contributed by atoms with Crippen LogP contribution in [0.3, 0.4) is 0 Å². The number of nitrogens with one attached hydrogen (secondary N) is 1. The first-order valence-electron chi connectivity index (χ1n) is 5.72. The molecule has 0 aliphatic heterocycles. The standard InChI is InChI=1S/C13H16ClNOS/c1-17-7-6-12(16)15-13-10-5-3-2-4-9(10)8-11(13)14/h2-5,11,13H,6-8H2,1H3,(H,15,16). The minimum atomic E-state index is -0.0257. The van der Waals surface area contributed by atoms with E-state index in [0.717, 1.165) is 12.2 Å². The fraction of sp³-hybridized carbons (Fsp3) is 0.462. The lowest BCUT2D eigenvalue weighted by Crippen LogP contribution is -2.31. The van der Waals surface area contributed by atoms with E-state index in [1.165, 1.54) is 11.1 Å². The van der Waals surface area contributed by atoms with Gasteiger partial charge in [-0.25, -0.2) is 0 Å². The largest absolute Gasteiger partial charge is 0.348 e. The van der Waals surface area contributed by atoms with Crippen molar-refractivity contribution in [1.29, 1.82) is 0 Å². The van der Waals surface area contributed by atoms with E-state index in [0.29, 0.717) is 6.42 Å². The maximum Gasteiger partial charge on any atom is 0.221 e. The van der Waals surface area contributed by atoms with Crippen molar-refractivity contribution in [3.05, 3.63) is 35.4 Å². The van der Waals surface area contributed by atoms with Gasteiger partial charge in [-0.3, -0.25) is 4.79 Å². The van der Waals surface area contributed by atoms with Crippen LogP contribution in [0.5, 0.6) is 0 Å². The Hall–Kier alpha value is -0.670. The molecule has 0 bridgehead atoms. The van der Waals surface area contributed by atoms with Crippen LogP contribution in [0.2, 0.25) is 0 Å². The predicted octanol–water partition coefficient (Wildman–Crippen LogP) is 2.76. The van der Waals surface area contributed by atoms with Crippen LogP contribution in [0.1, 0.15) is 23.6 Å². The van der Waals surface area contributed by atoms with Gasteiger partial charge in [-0.15, -0.1) is 11.6 Å². The topological polar surface area (TPSA) is 29.1 Å². The normalized spacial score (nSPS) is 22.2. The third-order valence-corrected chi connectivity index (χ3v) is 4.04. The Morgan fingerprint density at radius 3 is 3.06 bits per heavy atom. The van der Waals surface area contributed by atoms with Crippen LogP contribution in [-0.4, -0.2) is 23.3 Å². The predicted molar refractivity (Wildman–Crippen MR) is 73.7 cm³/mol. The number of thioether (sulfide) groups is 1. The highest BCUT2D eigenvalue weighted by atomic mass is 35.5. The fourth-order valence-electron chi connectivity index (χ4n) is 2.15. The maximum absolute atomic E-state index is 11.7. The van der Waals surface area contributed by atoms with Gasteiger partial charge >= 0.3 is 0 Å². The van der Waals surface area contributed by atoms with Crippen LogP contribution in [0, 0.1) is 0 Å². The van der Waals surface area contributed by atoms with E-state index >= 15 is 0 Å². The van der Waals surface area contributed by atoms with Gasteiger partial charge in [-0.1, -0.05) is 24.3 Å². The van der Waals surface area contributed by atoms with Crippen molar-refractivity contribution in [3.8, 4) is 0 Å². The lowest BCUT2D eigenvalue weighted by atomic mass is 10.1. The molecule has 1 aliphatic carbocycles. The summed E-state index contributed by atoms with van der Waals surface area (Å²) < 4.78 is 0. The number of alkyl halides is 1. The highest BCUT2D eigenvalue weighted by molar-refractivity contribution is 7.98. The Balaban J connectivity index is 2.04. The average Bonchev–Trinajstić information content (AvgIpc) is 2.64. The van der Waals surface area contributed by atoms with E-state index in [2.05, 4.69) is 17.4 Å².